The minimum Gasteiger partial charge on any atom is -0.386 e. The van der Waals surface area contributed by atoms with Gasteiger partial charge in [0, 0.05) is 24.7 Å². The van der Waals surface area contributed by atoms with Crippen LogP contribution in [0.2, 0.25) is 5.02 Å². The van der Waals surface area contributed by atoms with Gasteiger partial charge in [0.15, 0.2) is 5.82 Å². The Morgan fingerprint density at radius 3 is 2.67 bits per heavy atom. The predicted molar refractivity (Wildman–Crippen MR) is 98.1 cm³/mol. The number of carbonyl (C=O) groups is 2. The molecular formula is C19H14ClF4N3O3. The summed E-state index contributed by atoms with van der Waals surface area (Å²) in [5.74, 6) is -5.97. The van der Waals surface area contributed by atoms with Crippen molar-refractivity contribution in [2.24, 2.45) is 11.8 Å². The number of piperidine rings is 1. The Morgan fingerprint density at radius 1 is 1.37 bits per heavy atom. The van der Waals surface area contributed by atoms with E-state index in [1.165, 1.54) is 18.3 Å². The predicted octanol–water partition coefficient (Wildman–Crippen LogP) is 3.99. The number of fused-ring (bicyclic) bond motifs is 1. The van der Waals surface area contributed by atoms with E-state index < -0.39 is 35.8 Å². The van der Waals surface area contributed by atoms with Crippen LogP contribution in [-0.4, -0.2) is 36.2 Å². The maximum atomic E-state index is 14.4. The second-order valence-corrected chi connectivity index (χ2v) is 7.32. The van der Waals surface area contributed by atoms with E-state index in [1.54, 1.807) is 11.8 Å². The van der Waals surface area contributed by atoms with E-state index in [4.69, 9.17) is 11.6 Å². The Balaban J connectivity index is 1.88. The molecule has 0 spiro atoms. The van der Waals surface area contributed by atoms with Crippen molar-refractivity contribution in [1.82, 2.24) is 4.98 Å². The molecule has 6 nitrogen and oxygen atoms in total. The molecule has 2 atom stereocenters. The third kappa shape index (κ3) is 4.03. The number of pyridine rings is 1. The smallest absolute Gasteiger partial charge is 0.386 e. The molecule has 1 aromatic carbocycles. The van der Waals surface area contributed by atoms with Crippen LogP contribution < -0.4 is 4.90 Å². The van der Waals surface area contributed by atoms with E-state index in [0.29, 0.717) is 11.1 Å². The van der Waals surface area contributed by atoms with Crippen LogP contribution in [0.25, 0.3) is 10.9 Å². The van der Waals surface area contributed by atoms with E-state index in [9.17, 15) is 32.4 Å². The first kappa shape index (κ1) is 21.8. The van der Waals surface area contributed by atoms with E-state index in [1.807, 2.05) is 6.07 Å². The number of aromatic nitrogens is 1. The Hall–Kier alpha value is -2.93. The molecule has 3 rings (SSSR count). The van der Waals surface area contributed by atoms with Gasteiger partial charge in [0.05, 0.1) is 22.2 Å². The molecular weight excluding hydrogens is 430 g/mol. The Morgan fingerprint density at radius 2 is 2.07 bits per heavy atom. The molecule has 30 heavy (non-hydrogen) atoms. The summed E-state index contributed by atoms with van der Waals surface area (Å²) >= 11 is 5.80. The molecule has 158 valence electrons. The van der Waals surface area contributed by atoms with Gasteiger partial charge in [-0.05, 0) is 24.5 Å². The van der Waals surface area contributed by atoms with E-state index >= 15 is 0 Å². The summed E-state index contributed by atoms with van der Waals surface area (Å²) in [6, 6.07) is 4.85. The van der Waals surface area contributed by atoms with Crippen molar-refractivity contribution in [2.75, 3.05) is 18.0 Å². The number of halogens is 5. The minimum absolute atomic E-state index is 0.0264. The van der Waals surface area contributed by atoms with Gasteiger partial charge in [0.2, 0.25) is 0 Å². The van der Waals surface area contributed by atoms with Crippen LogP contribution in [0.3, 0.4) is 0 Å². The first-order valence-corrected chi connectivity index (χ1v) is 9.17. The summed E-state index contributed by atoms with van der Waals surface area (Å²) < 4.78 is 55.3. The number of alkyl halides is 3. The minimum atomic E-state index is -5.26. The van der Waals surface area contributed by atoms with Crippen molar-refractivity contribution in [1.29, 1.82) is 5.26 Å². The molecule has 1 fully saturated rings. The molecule has 0 N–H and O–H groups in total. The Bertz CT molecular complexity index is 1070. The average molecular weight is 444 g/mol. The molecule has 1 saturated heterocycles. The molecule has 1 aliphatic rings. The van der Waals surface area contributed by atoms with Crippen LogP contribution in [0.1, 0.15) is 18.9 Å². The topological polar surface area (TPSA) is 83.3 Å². The summed E-state index contributed by atoms with van der Waals surface area (Å²) in [5.41, 5.74) is 0.536. The summed E-state index contributed by atoms with van der Waals surface area (Å²) in [4.78, 5) is 28.7. The Kier molecular flexibility index (Phi) is 5.85. The fourth-order valence-corrected chi connectivity index (χ4v) is 3.69. The number of ether oxygens (including phenoxy) is 1. The van der Waals surface area contributed by atoms with Gasteiger partial charge in [-0.3, -0.25) is 9.78 Å². The molecule has 0 radical (unpaired) electrons. The van der Waals surface area contributed by atoms with E-state index in [0.717, 1.165) is 0 Å². The number of carbonyl (C=O) groups excluding carboxylic acids is 2. The van der Waals surface area contributed by atoms with Crippen molar-refractivity contribution in [3.63, 3.8) is 0 Å². The van der Waals surface area contributed by atoms with Gasteiger partial charge in [0.25, 0.3) is 0 Å². The highest BCUT2D eigenvalue weighted by Crippen LogP contribution is 2.36. The maximum absolute atomic E-state index is 14.4. The lowest BCUT2D eigenvalue weighted by atomic mass is 9.86. The summed E-state index contributed by atoms with van der Waals surface area (Å²) in [5, 5.41) is 9.67. The molecule has 1 aromatic heterocycles. The van der Waals surface area contributed by atoms with E-state index in [2.05, 4.69) is 9.72 Å². The second-order valence-electron chi connectivity index (χ2n) is 6.91. The molecule has 0 saturated carbocycles. The molecule has 11 heteroatoms. The number of esters is 2. The number of rotatable bonds is 2. The van der Waals surface area contributed by atoms with Gasteiger partial charge in [-0.2, -0.15) is 18.4 Å². The van der Waals surface area contributed by atoms with Crippen LogP contribution in [0.4, 0.5) is 23.2 Å². The lowest BCUT2D eigenvalue weighted by Gasteiger charge is -2.37. The highest BCUT2D eigenvalue weighted by atomic mass is 35.5. The number of hydrogen-bond donors (Lipinski definition) is 0. The summed E-state index contributed by atoms with van der Waals surface area (Å²) in [6.45, 7) is 1.95. The van der Waals surface area contributed by atoms with Gasteiger partial charge in [-0.1, -0.05) is 18.5 Å². The zero-order valence-corrected chi connectivity index (χ0v) is 16.2. The standard InChI is InChI=1S/C19H14ClF4N3O3/c1-9-8-27(5-4-11(9)17(28)30-18(29)19(22,23)24)16-10(6-25)7-26-15-12(16)2-3-13(20)14(15)21/h2-3,7,9,11H,4-5,8H2,1H3/t9-,11+/m0/s1. The molecule has 2 heterocycles. The van der Waals surface area contributed by atoms with Crippen LogP contribution >= 0.6 is 11.6 Å². The zero-order valence-electron chi connectivity index (χ0n) is 15.5. The number of nitriles is 1. The van der Waals surface area contributed by atoms with Gasteiger partial charge in [0.1, 0.15) is 11.6 Å². The van der Waals surface area contributed by atoms with Gasteiger partial charge < -0.3 is 9.64 Å². The normalized spacial score (nSPS) is 19.4. The fraction of sp³-hybridized carbons (Fsp3) is 0.368. The summed E-state index contributed by atoms with van der Waals surface area (Å²) in [6.07, 6.45) is -3.97. The first-order chi connectivity index (χ1) is 14.0. The Labute approximate surface area is 173 Å². The van der Waals surface area contributed by atoms with Crippen molar-refractivity contribution in [3.05, 3.63) is 34.7 Å². The summed E-state index contributed by atoms with van der Waals surface area (Å²) in [7, 11) is 0. The van der Waals surface area contributed by atoms with Crippen LogP contribution in [-0.2, 0) is 14.3 Å². The number of benzene rings is 1. The molecule has 0 amide bonds. The second kappa shape index (κ2) is 8.07. The first-order valence-electron chi connectivity index (χ1n) is 8.79. The zero-order chi connectivity index (χ0) is 22.2. The number of anilines is 1. The molecule has 0 bridgehead atoms. The van der Waals surface area contributed by atoms with Crippen LogP contribution in [0, 0.1) is 29.0 Å². The largest absolute Gasteiger partial charge is 0.491 e. The molecule has 1 aliphatic heterocycles. The monoisotopic (exact) mass is 443 g/mol. The van der Waals surface area contributed by atoms with Gasteiger partial charge in [-0.15, -0.1) is 0 Å². The molecule has 2 aromatic rings. The fourth-order valence-electron chi connectivity index (χ4n) is 3.54. The van der Waals surface area contributed by atoms with Gasteiger partial charge >= 0.3 is 18.1 Å². The lowest BCUT2D eigenvalue weighted by molar-refractivity contribution is -0.203. The quantitative estimate of drug-likeness (QED) is 0.396. The van der Waals surface area contributed by atoms with Crippen molar-refractivity contribution < 1.29 is 31.9 Å². The highest BCUT2D eigenvalue weighted by molar-refractivity contribution is 6.31. The lowest BCUT2D eigenvalue weighted by Crippen LogP contribution is -2.44. The number of nitrogens with zero attached hydrogens (tertiary/aromatic N) is 3. The van der Waals surface area contributed by atoms with E-state index in [-0.39, 0.29) is 35.6 Å². The average Bonchev–Trinajstić information content (AvgIpc) is 2.68. The van der Waals surface area contributed by atoms with Gasteiger partial charge in [-0.25, -0.2) is 9.18 Å². The SMILES string of the molecule is C[C@H]1CN(c2c(C#N)cnc3c(F)c(Cl)ccc23)CC[C@H]1C(=O)OC(=O)C(F)(F)F. The highest BCUT2D eigenvalue weighted by Gasteiger charge is 2.44. The van der Waals surface area contributed by atoms with Crippen molar-refractivity contribution in [2.45, 2.75) is 19.5 Å². The third-order valence-electron chi connectivity index (χ3n) is 4.97. The van der Waals surface area contributed by atoms with Crippen LogP contribution in [0.15, 0.2) is 18.3 Å². The van der Waals surface area contributed by atoms with Crippen molar-refractivity contribution in [3.8, 4) is 6.07 Å². The number of hydrogen-bond acceptors (Lipinski definition) is 6. The van der Waals surface area contributed by atoms with Crippen LogP contribution in [0.5, 0.6) is 0 Å². The molecule has 0 aliphatic carbocycles. The third-order valence-corrected chi connectivity index (χ3v) is 5.26. The maximum Gasteiger partial charge on any atom is 0.491 e. The molecule has 0 unspecified atom stereocenters. The van der Waals surface area contributed by atoms with Crippen molar-refractivity contribution >= 4 is 40.1 Å².